The molecule has 0 saturated heterocycles. The molecule has 0 aromatic carbocycles. The molecule has 76 valence electrons. The van der Waals surface area contributed by atoms with Crippen molar-refractivity contribution in [1.82, 2.24) is 4.90 Å². The maximum atomic E-state index is 5.78. The molecule has 0 amide bonds. The second kappa shape index (κ2) is 6.02. The minimum absolute atomic E-state index is 0.670. The number of rotatable bonds is 6. The van der Waals surface area contributed by atoms with Crippen molar-refractivity contribution in [3.8, 4) is 0 Å². The minimum Gasteiger partial charge on any atom is -0.290 e. The third-order valence-corrected chi connectivity index (χ3v) is 2.72. The highest BCUT2D eigenvalue weighted by Crippen LogP contribution is 2.13. The summed E-state index contributed by atoms with van der Waals surface area (Å²) in [7, 11) is 0. The third-order valence-electron chi connectivity index (χ3n) is 1.74. The fourth-order valence-electron chi connectivity index (χ4n) is 1.23. The van der Waals surface area contributed by atoms with Crippen LogP contribution in [0.5, 0.6) is 0 Å². The fourth-order valence-corrected chi connectivity index (χ4v) is 2.15. The van der Waals surface area contributed by atoms with Crippen molar-refractivity contribution < 1.29 is 0 Å². The molecule has 1 rings (SSSR count). The molecular weight excluding hydrogens is 214 g/mol. The van der Waals surface area contributed by atoms with E-state index in [2.05, 4.69) is 35.6 Å². The zero-order valence-electron chi connectivity index (χ0n) is 8.08. The quantitative estimate of drug-likeness (QED) is 0.673. The molecule has 0 saturated carbocycles. The summed E-state index contributed by atoms with van der Waals surface area (Å²) in [4.78, 5) is 3.54. The van der Waals surface area contributed by atoms with Crippen molar-refractivity contribution >= 4 is 22.9 Å². The van der Waals surface area contributed by atoms with Crippen LogP contribution in [0, 0.1) is 0 Å². The van der Waals surface area contributed by atoms with Crippen LogP contribution in [0.2, 0.25) is 0 Å². The number of thiophene rings is 1. The van der Waals surface area contributed by atoms with Gasteiger partial charge in [0.2, 0.25) is 0 Å². The van der Waals surface area contributed by atoms with Crippen molar-refractivity contribution in [2.24, 2.45) is 0 Å². The van der Waals surface area contributed by atoms with Gasteiger partial charge in [-0.3, -0.25) is 4.90 Å². The van der Waals surface area contributed by atoms with E-state index in [9.17, 15) is 0 Å². The number of nitrogens with zero attached hydrogens (tertiary/aromatic N) is 1. The van der Waals surface area contributed by atoms with Crippen LogP contribution in [0.4, 0.5) is 0 Å². The molecule has 0 unspecified atom stereocenters. The van der Waals surface area contributed by atoms with Gasteiger partial charge < -0.3 is 0 Å². The molecule has 0 spiro atoms. The van der Waals surface area contributed by atoms with E-state index in [-0.39, 0.29) is 0 Å². The Labute approximate surface area is 94.3 Å². The molecule has 1 aromatic heterocycles. The average Bonchev–Trinajstić information content (AvgIpc) is 2.56. The van der Waals surface area contributed by atoms with Crippen molar-refractivity contribution in [1.29, 1.82) is 0 Å². The van der Waals surface area contributed by atoms with Crippen LogP contribution in [0.3, 0.4) is 0 Å². The van der Waals surface area contributed by atoms with Crippen LogP contribution in [0.15, 0.2) is 41.8 Å². The lowest BCUT2D eigenvalue weighted by atomic mass is 10.4. The molecule has 0 N–H and O–H groups in total. The third kappa shape index (κ3) is 4.09. The van der Waals surface area contributed by atoms with Gasteiger partial charge in [-0.15, -0.1) is 17.9 Å². The average molecular weight is 228 g/mol. The lowest BCUT2D eigenvalue weighted by molar-refractivity contribution is 0.328. The zero-order chi connectivity index (χ0) is 10.4. The topological polar surface area (TPSA) is 3.24 Å². The van der Waals surface area contributed by atoms with E-state index in [4.69, 9.17) is 11.6 Å². The summed E-state index contributed by atoms with van der Waals surface area (Å²) < 4.78 is 0. The molecule has 3 heteroatoms. The Bertz CT molecular complexity index is 292. The minimum atomic E-state index is 0.670. The first-order valence-electron chi connectivity index (χ1n) is 4.41. The molecule has 0 aliphatic rings. The molecule has 0 aliphatic heterocycles. The normalized spacial score (nSPS) is 10.4. The van der Waals surface area contributed by atoms with Crippen molar-refractivity contribution in [3.63, 3.8) is 0 Å². The van der Waals surface area contributed by atoms with Gasteiger partial charge in [0.25, 0.3) is 0 Å². The Balaban J connectivity index is 2.50. The molecule has 1 aromatic rings. The summed E-state index contributed by atoms with van der Waals surface area (Å²) in [6.45, 7) is 9.89. The molecule has 0 aliphatic carbocycles. The Morgan fingerprint density at radius 1 is 1.64 bits per heavy atom. The van der Waals surface area contributed by atoms with Crippen LogP contribution in [-0.4, -0.2) is 18.0 Å². The molecule has 0 radical (unpaired) electrons. The van der Waals surface area contributed by atoms with Gasteiger partial charge in [-0.2, -0.15) is 0 Å². The summed E-state index contributed by atoms with van der Waals surface area (Å²) in [5.74, 6) is 0. The number of hydrogen-bond acceptors (Lipinski definition) is 2. The molecule has 0 fully saturated rings. The van der Waals surface area contributed by atoms with E-state index < -0.39 is 0 Å². The van der Waals surface area contributed by atoms with Gasteiger partial charge in [0.05, 0.1) is 0 Å². The molecule has 1 nitrogen and oxygen atoms in total. The highest BCUT2D eigenvalue weighted by molar-refractivity contribution is 7.09. The van der Waals surface area contributed by atoms with E-state index in [0.717, 1.165) is 13.1 Å². The largest absolute Gasteiger partial charge is 0.290 e. The monoisotopic (exact) mass is 227 g/mol. The highest BCUT2D eigenvalue weighted by atomic mass is 35.5. The number of halogens is 1. The summed E-state index contributed by atoms with van der Waals surface area (Å²) in [6.07, 6.45) is 1.88. The van der Waals surface area contributed by atoms with Crippen LogP contribution in [0.25, 0.3) is 0 Å². The van der Waals surface area contributed by atoms with Gasteiger partial charge in [0.15, 0.2) is 0 Å². The summed E-state index contributed by atoms with van der Waals surface area (Å²) in [5.41, 5.74) is 0. The summed E-state index contributed by atoms with van der Waals surface area (Å²) >= 11 is 7.54. The maximum absolute atomic E-state index is 5.78. The van der Waals surface area contributed by atoms with Crippen molar-refractivity contribution in [2.75, 3.05) is 13.1 Å². The second-order valence-electron chi connectivity index (χ2n) is 3.05. The first-order valence-corrected chi connectivity index (χ1v) is 5.67. The van der Waals surface area contributed by atoms with E-state index in [1.165, 1.54) is 4.88 Å². The van der Waals surface area contributed by atoms with Gasteiger partial charge in [-0.25, -0.2) is 0 Å². The van der Waals surface area contributed by atoms with Crippen molar-refractivity contribution in [2.45, 2.75) is 6.54 Å². The Kier molecular flexibility index (Phi) is 4.94. The molecule has 0 atom stereocenters. The van der Waals surface area contributed by atoms with Gasteiger partial charge in [-0.05, 0) is 11.4 Å². The Morgan fingerprint density at radius 2 is 2.43 bits per heavy atom. The van der Waals surface area contributed by atoms with Gasteiger partial charge in [0.1, 0.15) is 0 Å². The van der Waals surface area contributed by atoms with E-state index >= 15 is 0 Å². The second-order valence-corrected chi connectivity index (χ2v) is 4.62. The Morgan fingerprint density at radius 3 is 2.93 bits per heavy atom. The molecule has 1 heterocycles. The summed E-state index contributed by atoms with van der Waals surface area (Å²) in [6, 6.07) is 4.18. The lowest BCUT2D eigenvalue weighted by Gasteiger charge is -2.18. The van der Waals surface area contributed by atoms with Crippen LogP contribution in [-0.2, 0) is 6.54 Å². The van der Waals surface area contributed by atoms with E-state index in [0.29, 0.717) is 11.6 Å². The standard InChI is InChI=1S/C11H14ClNS/c1-3-6-13(8-10(2)12)9-11-5-4-7-14-11/h3-5,7H,1-2,6,8-9H2. The van der Waals surface area contributed by atoms with E-state index in [1.807, 2.05) is 6.08 Å². The molecule has 0 bridgehead atoms. The first kappa shape index (κ1) is 11.5. The van der Waals surface area contributed by atoms with Gasteiger partial charge in [-0.1, -0.05) is 30.3 Å². The van der Waals surface area contributed by atoms with Crippen LogP contribution in [0.1, 0.15) is 4.88 Å². The summed E-state index contributed by atoms with van der Waals surface area (Å²) in [5, 5.41) is 2.75. The van der Waals surface area contributed by atoms with Crippen LogP contribution >= 0.6 is 22.9 Å². The fraction of sp³-hybridized carbons (Fsp3) is 0.273. The molecular formula is C11H14ClNS. The lowest BCUT2D eigenvalue weighted by Crippen LogP contribution is -2.24. The van der Waals surface area contributed by atoms with Crippen LogP contribution < -0.4 is 0 Å². The Hall–Kier alpha value is -0.570. The van der Waals surface area contributed by atoms with Crippen molar-refractivity contribution in [3.05, 3.63) is 46.7 Å². The molecule has 14 heavy (non-hydrogen) atoms. The smallest absolute Gasteiger partial charge is 0.0342 e. The zero-order valence-corrected chi connectivity index (χ0v) is 9.65. The van der Waals surface area contributed by atoms with Gasteiger partial charge >= 0.3 is 0 Å². The number of hydrogen-bond donors (Lipinski definition) is 0. The predicted molar refractivity (Wildman–Crippen MR) is 64.8 cm³/mol. The van der Waals surface area contributed by atoms with Gasteiger partial charge in [0, 0.05) is 29.5 Å². The van der Waals surface area contributed by atoms with E-state index in [1.54, 1.807) is 11.3 Å². The highest BCUT2D eigenvalue weighted by Gasteiger charge is 2.05. The predicted octanol–water partition coefficient (Wildman–Crippen LogP) is 3.49. The maximum Gasteiger partial charge on any atom is 0.0342 e. The first-order chi connectivity index (χ1) is 6.72. The SMILES string of the molecule is C=CCN(CC(=C)Cl)Cc1cccs1.